The molecule has 0 amide bonds. The summed E-state index contributed by atoms with van der Waals surface area (Å²) in [6.07, 6.45) is 3.41. The second kappa shape index (κ2) is 5.98. The summed E-state index contributed by atoms with van der Waals surface area (Å²) in [5.74, 6) is -0.327. The summed E-state index contributed by atoms with van der Waals surface area (Å²) >= 11 is 0. The zero-order chi connectivity index (χ0) is 17.4. The van der Waals surface area contributed by atoms with Crippen molar-refractivity contribution in [1.82, 2.24) is 9.55 Å². The summed E-state index contributed by atoms with van der Waals surface area (Å²) in [6, 6.07) is 17.6. The topological polar surface area (TPSA) is 34.9 Å². The maximum absolute atomic E-state index is 13.4. The van der Waals surface area contributed by atoms with Gasteiger partial charge < -0.3 is 4.57 Å². The number of halogens is 1. The first kappa shape index (κ1) is 15.3. The van der Waals surface area contributed by atoms with Crippen LogP contribution in [0.15, 0.2) is 77.9 Å². The van der Waals surface area contributed by atoms with E-state index in [1.54, 1.807) is 36.1 Å². The van der Waals surface area contributed by atoms with Crippen molar-refractivity contribution < 1.29 is 4.39 Å². The number of pyridine rings is 2. The number of aryl methyl sites for hydroxylation is 1. The molecule has 0 spiro atoms. The standard InChI is InChI=1S/C21H15FN2O/c1-24-18-5-3-2-4-17(18)19(15-10-12-23-13-11-15)20(21(24)25)14-6-8-16(22)9-7-14/h2-13H,1H3. The Labute approximate surface area is 144 Å². The Morgan fingerprint density at radius 3 is 2.20 bits per heavy atom. The molecule has 0 aliphatic carbocycles. The molecule has 3 nitrogen and oxygen atoms in total. The van der Waals surface area contributed by atoms with Gasteiger partial charge in [-0.1, -0.05) is 30.3 Å². The summed E-state index contributed by atoms with van der Waals surface area (Å²) < 4.78 is 15.0. The smallest absolute Gasteiger partial charge is 0.259 e. The van der Waals surface area contributed by atoms with Crippen molar-refractivity contribution in [1.29, 1.82) is 0 Å². The highest BCUT2D eigenvalue weighted by atomic mass is 19.1. The van der Waals surface area contributed by atoms with Crippen molar-refractivity contribution in [3.05, 3.63) is 89.2 Å². The van der Waals surface area contributed by atoms with Crippen molar-refractivity contribution >= 4 is 10.9 Å². The van der Waals surface area contributed by atoms with E-state index in [0.717, 1.165) is 22.0 Å². The molecule has 4 rings (SSSR count). The highest BCUT2D eigenvalue weighted by Gasteiger charge is 2.18. The minimum atomic E-state index is -0.327. The first-order chi connectivity index (χ1) is 12.2. The molecule has 0 aliphatic heterocycles. The van der Waals surface area contributed by atoms with Crippen molar-refractivity contribution in [2.45, 2.75) is 0 Å². The van der Waals surface area contributed by atoms with E-state index in [9.17, 15) is 9.18 Å². The summed E-state index contributed by atoms with van der Waals surface area (Å²) in [5.41, 5.74) is 3.74. The number of fused-ring (bicyclic) bond motifs is 1. The predicted octanol–water partition coefficient (Wildman–Crippen LogP) is 4.41. The fourth-order valence-electron chi connectivity index (χ4n) is 3.20. The zero-order valence-electron chi connectivity index (χ0n) is 13.6. The fourth-order valence-corrected chi connectivity index (χ4v) is 3.20. The number of hydrogen-bond donors (Lipinski definition) is 0. The summed E-state index contributed by atoms with van der Waals surface area (Å²) in [7, 11) is 1.76. The van der Waals surface area contributed by atoms with Gasteiger partial charge in [0.25, 0.3) is 5.56 Å². The minimum absolute atomic E-state index is 0.114. The van der Waals surface area contributed by atoms with Crippen LogP contribution in [0.2, 0.25) is 0 Å². The molecule has 0 fully saturated rings. The molecule has 2 heterocycles. The monoisotopic (exact) mass is 330 g/mol. The van der Waals surface area contributed by atoms with Crippen LogP contribution in [0.4, 0.5) is 4.39 Å². The Hall–Kier alpha value is -3.27. The van der Waals surface area contributed by atoms with Gasteiger partial charge >= 0.3 is 0 Å². The van der Waals surface area contributed by atoms with Gasteiger partial charge in [-0.25, -0.2) is 4.39 Å². The predicted molar refractivity (Wildman–Crippen MR) is 97.8 cm³/mol. The molecule has 0 saturated carbocycles. The van der Waals surface area contributed by atoms with E-state index in [1.165, 1.54) is 12.1 Å². The van der Waals surface area contributed by atoms with Crippen LogP contribution >= 0.6 is 0 Å². The Kier molecular flexibility index (Phi) is 3.65. The number of nitrogens with zero attached hydrogens (tertiary/aromatic N) is 2. The molecule has 4 heteroatoms. The Balaban J connectivity index is 2.19. The van der Waals surface area contributed by atoms with Crippen LogP contribution in [0.3, 0.4) is 0 Å². The summed E-state index contributed by atoms with van der Waals surface area (Å²) in [5, 5.41) is 0.968. The van der Waals surface area contributed by atoms with E-state index in [2.05, 4.69) is 4.98 Å². The number of benzene rings is 2. The number of para-hydroxylation sites is 1. The molecule has 0 aliphatic rings. The third-order valence-electron chi connectivity index (χ3n) is 4.41. The van der Waals surface area contributed by atoms with E-state index >= 15 is 0 Å². The maximum Gasteiger partial charge on any atom is 0.259 e. The van der Waals surface area contributed by atoms with E-state index in [0.29, 0.717) is 11.1 Å². The lowest BCUT2D eigenvalue weighted by Gasteiger charge is -2.16. The lowest BCUT2D eigenvalue weighted by atomic mass is 9.92. The lowest BCUT2D eigenvalue weighted by molar-refractivity contribution is 0.628. The van der Waals surface area contributed by atoms with Crippen LogP contribution < -0.4 is 5.56 Å². The third kappa shape index (κ3) is 2.52. The number of hydrogen-bond acceptors (Lipinski definition) is 2. The van der Waals surface area contributed by atoms with Gasteiger partial charge in [0.05, 0.1) is 11.1 Å². The second-order valence-electron chi connectivity index (χ2n) is 5.87. The summed E-state index contributed by atoms with van der Waals surface area (Å²) in [4.78, 5) is 17.2. The van der Waals surface area contributed by atoms with Crippen molar-refractivity contribution in [3.63, 3.8) is 0 Å². The van der Waals surface area contributed by atoms with Gasteiger partial charge in [-0.15, -0.1) is 0 Å². The third-order valence-corrected chi connectivity index (χ3v) is 4.41. The van der Waals surface area contributed by atoms with Crippen LogP contribution in [0.25, 0.3) is 33.2 Å². The first-order valence-electron chi connectivity index (χ1n) is 7.95. The van der Waals surface area contributed by atoms with Gasteiger partial charge in [-0.2, -0.15) is 0 Å². The molecule has 0 unspecified atom stereocenters. The maximum atomic E-state index is 13.4. The number of aromatic nitrogens is 2. The highest BCUT2D eigenvalue weighted by Crippen LogP contribution is 2.35. The SMILES string of the molecule is Cn1c(=O)c(-c2ccc(F)cc2)c(-c2ccncc2)c2ccccc21. The van der Waals surface area contributed by atoms with Crippen molar-refractivity contribution in [3.8, 4) is 22.3 Å². The molecule has 122 valence electrons. The molecule has 0 N–H and O–H groups in total. The van der Waals surface area contributed by atoms with Crippen LogP contribution in [0.1, 0.15) is 0 Å². The van der Waals surface area contributed by atoms with Gasteiger partial charge in [0, 0.05) is 30.4 Å². The van der Waals surface area contributed by atoms with Gasteiger partial charge in [-0.05, 0) is 41.5 Å². The van der Waals surface area contributed by atoms with Crippen molar-refractivity contribution in [2.24, 2.45) is 7.05 Å². The van der Waals surface area contributed by atoms with Gasteiger partial charge in [0.15, 0.2) is 0 Å². The van der Waals surface area contributed by atoms with Gasteiger partial charge in [-0.3, -0.25) is 9.78 Å². The van der Waals surface area contributed by atoms with E-state index in [1.807, 2.05) is 36.4 Å². The van der Waals surface area contributed by atoms with E-state index < -0.39 is 0 Å². The lowest BCUT2D eigenvalue weighted by Crippen LogP contribution is -2.20. The fraction of sp³-hybridized carbons (Fsp3) is 0.0476. The molecule has 0 saturated heterocycles. The van der Waals surface area contributed by atoms with Crippen LogP contribution in [-0.2, 0) is 7.05 Å². The molecule has 2 aromatic heterocycles. The normalized spacial score (nSPS) is 11.0. The molecular weight excluding hydrogens is 315 g/mol. The van der Waals surface area contributed by atoms with Gasteiger partial charge in [0.1, 0.15) is 5.82 Å². The molecule has 25 heavy (non-hydrogen) atoms. The molecule has 0 atom stereocenters. The van der Waals surface area contributed by atoms with Crippen LogP contribution in [-0.4, -0.2) is 9.55 Å². The Bertz CT molecular complexity index is 1120. The zero-order valence-corrected chi connectivity index (χ0v) is 13.6. The molecular formula is C21H15FN2O. The average molecular weight is 330 g/mol. The first-order valence-corrected chi connectivity index (χ1v) is 7.95. The molecule has 4 aromatic rings. The Morgan fingerprint density at radius 1 is 0.840 bits per heavy atom. The van der Waals surface area contributed by atoms with Gasteiger partial charge in [0.2, 0.25) is 0 Å². The molecule has 0 bridgehead atoms. The van der Waals surface area contributed by atoms with Crippen LogP contribution in [0, 0.1) is 5.82 Å². The Morgan fingerprint density at radius 2 is 1.48 bits per heavy atom. The van der Waals surface area contributed by atoms with Crippen molar-refractivity contribution in [2.75, 3.05) is 0 Å². The van der Waals surface area contributed by atoms with E-state index in [-0.39, 0.29) is 11.4 Å². The van der Waals surface area contributed by atoms with E-state index in [4.69, 9.17) is 0 Å². The van der Waals surface area contributed by atoms with Crippen LogP contribution in [0.5, 0.6) is 0 Å². The molecule has 2 aromatic carbocycles. The minimum Gasteiger partial charge on any atom is -0.311 e. The largest absolute Gasteiger partial charge is 0.311 e. The number of rotatable bonds is 2. The quantitative estimate of drug-likeness (QED) is 0.546. The average Bonchev–Trinajstić information content (AvgIpc) is 2.66. The second-order valence-corrected chi connectivity index (χ2v) is 5.87. The summed E-state index contributed by atoms with van der Waals surface area (Å²) in [6.45, 7) is 0. The molecule has 0 radical (unpaired) electrons. The highest BCUT2D eigenvalue weighted by molar-refractivity contribution is 6.02.